The van der Waals surface area contributed by atoms with Crippen molar-refractivity contribution in [2.24, 2.45) is 11.8 Å². The number of rotatable bonds is 5. The molecule has 0 atom stereocenters. The quantitative estimate of drug-likeness (QED) is 0.0837. The molecular weight excluding hydrogens is 727 g/mol. The van der Waals surface area contributed by atoms with Gasteiger partial charge < -0.3 is 9.67 Å². The topological polar surface area (TPSA) is 41.2 Å². The Morgan fingerprint density at radius 2 is 1.60 bits per heavy atom. The third-order valence-electron chi connectivity index (χ3n) is 7.79. The molecule has 0 spiro atoms. The molecule has 43 heavy (non-hydrogen) atoms. The number of nitrogens with zero attached hydrogens (tertiary/aromatic N) is 1. The minimum Gasteiger partial charge on any atom is -0.512 e. The van der Waals surface area contributed by atoms with Crippen LogP contribution in [0.5, 0.6) is 0 Å². The molecular formula is C38H44IrNO2S-. The van der Waals surface area contributed by atoms with E-state index < -0.39 is 0 Å². The van der Waals surface area contributed by atoms with E-state index in [4.69, 9.17) is 0 Å². The van der Waals surface area contributed by atoms with Crippen LogP contribution in [0.1, 0.15) is 72.1 Å². The molecule has 0 aliphatic heterocycles. The summed E-state index contributed by atoms with van der Waals surface area (Å²) in [5.74, 6) is 0.161. The Kier molecular flexibility index (Phi) is 10.9. The van der Waals surface area contributed by atoms with Crippen LogP contribution in [-0.2, 0) is 36.7 Å². The van der Waals surface area contributed by atoms with E-state index in [1.54, 1.807) is 0 Å². The molecule has 1 radical (unpaired) electrons. The maximum absolute atomic E-state index is 11.0. The first kappa shape index (κ1) is 34.4. The van der Waals surface area contributed by atoms with Crippen LogP contribution in [-0.4, -0.2) is 10.9 Å². The summed E-state index contributed by atoms with van der Waals surface area (Å²) in [7, 11) is 4.36. The summed E-state index contributed by atoms with van der Waals surface area (Å²) >= 11 is 1.87. The van der Waals surface area contributed by atoms with E-state index in [0.717, 1.165) is 17.7 Å². The van der Waals surface area contributed by atoms with Gasteiger partial charge in [-0.15, -0.1) is 34.4 Å². The fourth-order valence-corrected chi connectivity index (χ4v) is 6.45. The van der Waals surface area contributed by atoms with Gasteiger partial charge in [-0.25, -0.2) is 0 Å². The van der Waals surface area contributed by atoms with Crippen molar-refractivity contribution in [3.05, 3.63) is 103 Å². The molecule has 0 unspecified atom stereocenters. The minimum atomic E-state index is -0.0316. The molecule has 0 saturated heterocycles. The minimum absolute atomic E-state index is 0. The van der Waals surface area contributed by atoms with E-state index in [1.807, 2.05) is 43.6 Å². The summed E-state index contributed by atoms with van der Waals surface area (Å²) in [6, 6.07) is 20.1. The van der Waals surface area contributed by atoms with Crippen LogP contribution in [0.3, 0.4) is 0 Å². The van der Waals surface area contributed by atoms with Crippen molar-refractivity contribution in [2.45, 2.75) is 67.2 Å². The normalized spacial score (nSPS) is 12.1. The van der Waals surface area contributed by atoms with Crippen molar-refractivity contribution in [3.8, 4) is 11.3 Å². The summed E-state index contributed by atoms with van der Waals surface area (Å²) < 4.78 is 4.63. The fourth-order valence-electron chi connectivity index (χ4n) is 5.12. The molecule has 1 N–H and O–H groups in total. The molecule has 0 aliphatic rings. The van der Waals surface area contributed by atoms with E-state index >= 15 is 0 Å². The number of benzene rings is 3. The van der Waals surface area contributed by atoms with Gasteiger partial charge in [0.05, 0.1) is 17.6 Å². The van der Waals surface area contributed by atoms with Gasteiger partial charge in [-0.1, -0.05) is 96.7 Å². The number of hydrogen-bond donors (Lipinski definition) is 1. The first-order chi connectivity index (χ1) is 19.7. The monoisotopic (exact) mass is 771 g/mol. The van der Waals surface area contributed by atoms with Crippen LogP contribution >= 0.6 is 11.3 Å². The molecule has 3 nitrogen and oxygen atoms in total. The van der Waals surface area contributed by atoms with Crippen LogP contribution in [0.15, 0.2) is 72.6 Å². The number of aliphatic hydroxyl groups excluding tert-OH is 1. The average Bonchev–Trinajstić information content (AvgIpc) is 3.31. The van der Waals surface area contributed by atoms with E-state index in [-0.39, 0.29) is 48.9 Å². The number of aryl methyl sites for hydroxylation is 1. The summed E-state index contributed by atoms with van der Waals surface area (Å²) in [5.41, 5.74) is 6.14. The Morgan fingerprint density at radius 1 is 0.953 bits per heavy atom. The SMILES string of the molecule is CC(C)C(=O)/C=C(\O)C(C)C.[CH2-]c1c(-c2c3sc4cc(CC)ccc4c3cc[n+]2[CH2-])cc(C(C)(C)C)c2ccccc12.[Ir]. The van der Waals surface area contributed by atoms with Gasteiger partial charge in [0.15, 0.2) is 5.78 Å². The van der Waals surface area contributed by atoms with Gasteiger partial charge >= 0.3 is 0 Å². The zero-order valence-corrected chi connectivity index (χ0v) is 29.9. The Balaban J connectivity index is 0.000000363. The molecule has 0 fully saturated rings. The van der Waals surface area contributed by atoms with E-state index in [9.17, 15) is 9.90 Å². The summed E-state index contributed by atoms with van der Waals surface area (Å²) in [4.78, 5) is 11.0. The molecule has 229 valence electrons. The third kappa shape index (κ3) is 7.17. The molecule has 0 aliphatic carbocycles. The Morgan fingerprint density at radius 3 is 2.19 bits per heavy atom. The van der Waals surface area contributed by atoms with E-state index in [0.29, 0.717) is 0 Å². The molecule has 5 rings (SSSR count). The number of allylic oxidation sites excluding steroid dienone is 2. The molecule has 0 bridgehead atoms. The van der Waals surface area contributed by atoms with Crippen molar-refractivity contribution in [1.82, 2.24) is 0 Å². The van der Waals surface area contributed by atoms with Crippen LogP contribution < -0.4 is 4.57 Å². The number of carbonyl (C=O) groups excluding carboxylic acids is 1. The molecule has 2 aromatic heterocycles. The smallest absolute Gasteiger partial charge is 0.161 e. The van der Waals surface area contributed by atoms with Crippen LogP contribution in [0.25, 0.3) is 42.2 Å². The van der Waals surface area contributed by atoms with Crippen molar-refractivity contribution in [2.75, 3.05) is 0 Å². The summed E-state index contributed by atoms with van der Waals surface area (Å²) in [6.07, 6.45) is 4.45. The maximum atomic E-state index is 11.0. The Labute approximate surface area is 275 Å². The fraction of sp³-hybridized carbons (Fsp3) is 0.316. The zero-order chi connectivity index (χ0) is 30.9. The molecule has 0 saturated carbocycles. The number of ketones is 1. The van der Waals surface area contributed by atoms with Gasteiger partial charge in [-0.2, -0.15) is 12.5 Å². The first-order valence-corrected chi connectivity index (χ1v) is 15.6. The second kappa shape index (κ2) is 13.7. The van der Waals surface area contributed by atoms with Gasteiger partial charge in [0.2, 0.25) is 0 Å². The van der Waals surface area contributed by atoms with Crippen LogP contribution in [0.2, 0.25) is 0 Å². The van der Waals surface area contributed by atoms with Gasteiger partial charge in [0.1, 0.15) is 0 Å². The number of aliphatic hydroxyl groups is 1. The number of pyridine rings is 1. The second-order valence-electron chi connectivity index (χ2n) is 12.7. The first-order valence-electron chi connectivity index (χ1n) is 14.8. The molecule has 5 heteroatoms. The third-order valence-corrected chi connectivity index (χ3v) is 8.97. The van der Waals surface area contributed by atoms with Crippen molar-refractivity contribution < 1.29 is 34.6 Å². The number of aromatic nitrogens is 1. The molecule has 2 heterocycles. The van der Waals surface area contributed by atoms with Gasteiger partial charge in [0.25, 0.3) is 0 Å². The van der Waals surface area contributed by atoms with Crippen molar-refractivity contribution in [1.29, 1.82) is 0 Å². The van der Waals surface area contributed by atoms with Crippen LogP contribution in [0, 0.1) is 25.8 Å². The number of fused-ring (bicyclic) bond motifs is 4. The van der Waals surface area contributed by atoms with Gasteiger partial charge in [0, 0.05) is 54.5 Å². The Hall–Kier alpha value is -3.11. The van der Waals surface area contributed by atoms with E-state index in [1.165, 1.54) is 53.7 Å². The maximum Gasteiger partial charge on any atom is 0.161 e. The molecule has 3 aromatic carbocycles. The van der Waals surface area contributed by atoms with Gasteiger partial charge in [-0.05, 0) is 40.3 Å². The summed E-state index contributed by atoms with van der Waals surface area (Å²) in [5, 5.41) is 14.3. The number of thiophene rings is 1. The van der Waals surface area contributed by atoms with Crippen molar-refractivity contribution >= 4 is 48.1 Å². The predicted octanol–water partition coefficient (Wildman–Crippen LogP) is 10.2. The molecule has 0 amide bonds. The van der Waals surface area contributed by atoms with Crippen molar-refractivity contribution in [3.63, 3.8) is 0 Å². The van der Waals surface area contributed by atoms with Crippen LogP contribution in [0.4, 0.5) is 0 Å². The molecule has 5 aromatic rings. The second-order valence-corrected chi connectivity index (χ2v) is 13.7. The average molecular weight is 771 g/mol. The standard InChI is InChI=1S/C29H28NS.C9H16O2.Ir/c1-7-19-12-13-22-23-14-15-30(6)27(28(23)31-26(22)16-19)24-17-25(29(3,4)5)21-11-9-8-10-20(21)18(24)2;1-6(2)8(10)5-9(11)7(3)4;/h8-17H,2,6-7H2,1,3-5H3;5-7,10H,1-4H3;/q-1;;/b;8-5-;. The van der Waals surface area contributed by atoms with E-state index in [2.05, 4.69) is 102 Å². The largest absolute Gasteiger partial charge is 0.512 e. The number of hydrogen-bond acceptors (Lipinski definition) is 3. The van der Waals surface area contributed by atoms with Gasteiger partial charge in [-0.3, -0.25) is 4.79 Å². The Bertz CT molecular complexity index is 1800. The number of carbonyl (C=O) groups is 1. The predicted molar refractivity (Wildman–Crippen MR) is 181 cm³/mol. The summed E-state index contributed by atoms with van der Waals surface area (Å²) in [6.45, 7) is 20.9. The zero-order valence-electron chi connectivity index (χ0n) is 26.7.